The predicted molar refractivity (Wildman–Crippen MR) is 59.5 cm³/mol. The molecule has 0 fully saturated rings. The SMILES string of the molecule is COCCn1cc(NC(=O)C(C)C(=O)O)cn1. The van der Waals surface area contributed by atoms with Crippen LogP contribution in [0.25, 0.3) is 0 Å². The Kier molecular flexibility index (Phi) is 4.65. The first-order valence-corrected chi connectivity index (χ1v) is 5.09. The maximum Gasteiger partial charge on any atom is 0.315 e. The summed E-state index contributed by atoms with van der Waals surface area (Å²) in [6, 6.07) is 0. The molecule has 0 bridgehead atoms. The van der Waals surface area contributed by atoms with Gasteiger partial charge in [0.15, 0.2) is 0 Å². The van der Waals surface area contributed by atoms with Gasteiger partial charge >= 0.3 is 5.97 Å². The summed E-state index contributed by atoms with van der Waals surface area (Å²) >= 11 is 0. The fourth-order valence-electron chi connectivity index (χ4n) is 1.10. The second-order valence-electron chi connectivity index (χ2n) is 3.53. The van der Waals surface area contributed by atoms with Gasteiger partial charge in [-0.2, -0.15) is 5.10 Å². The molecule has 7 heteroatoms. The number of amides is 1. The summed E-state index contributed by atoms with van der Waals surface area (Å²) in [6.45, 7) is 2.41. The molecule has 1 aromatic rings. The number of nitrogens with zero attached hydrogens (tertiary/aromatic N) is 2. The molecule has 1 heterocycles. The number of hydrogen-bond donors (Lipinski definition) is 2. The third kappa shape index (κ3) is 3.87. The van der Waals surface area contributed by atoms with Crippen molar-refractivity contribution in [3.05, 3.63) is 12.4 Å². The van der Waals surface area contributed by atoms with Crippen molar-refractivity contribution in [2.75, 3.05) is 19.0 Å². The van der Waals surface area contributed by atoms with Crippen LogP contribution in [-0.2, 0) is 20.9 Å². The predicted octanol–water partition coefficient (Wildman–Crippen LogP) is 0.189. The van der Waals surface area contributed by atoms with E-state index in [0.29, 0.717) is 18.8 Å². The highest BCUT2D eigenvalue weighted by molar-refractivity contribution is 6.03. The highest BCUT2D eigenvalue weighted by Gasteiger charge is 2.20. The molecule has 0 saturated heterocycles. The van der Waals surface area contributed by atoms with Gasteiger partial charge in [-0.05, 0) is 6.92 Å². The third-order valence-electron chi connectivity index (χ3n) is 2.19. The van der Waals surface area contributed by atoms with Crippen LogP contribution >= 0.6 is 0 Å². The largest absolute Gasteiger partial charge is 0.481 e. The second-order valence-corrected chi connectivity index (χ2v) is 3.53. The van der Waals surface area contributed by atoms with E-state index in [9.17, 15) is 9.59 Å². The molecule has 0 spiro atoms. The van der Waals surface area contributed by atoms with E-state index >= 15 is 0 Å². The van der Waals surface area contributed by atoms with Crippen molar-refractivity contribution in [3.8, 4) is 0 Å². The first kappa shape index (κ1) is 13.2. The van der Waals surface area contributed by atoms with Crippen LogP contribution in [0.1, 0.15) is 6.92 Å². The number of carboxylic acid groups (broad SMARTS) is 1. The van der Waals surface area contributed by atoms with Gasteiger partial charge in [0, 0.05) is 13.3 Å². The number of carbonyl (C=O) groups excluding carboxylic acids is 1. The lowest BCUT2D eigenvalue weighted by Crippen LogP contribution is -2.26. The van der Waals surface area contributed by atoms with Crippen LogP contribution in [0.15, 0.2) is 12.4 Å². The van der Waals surface area contributed by atoms with Crippen molar-refractivity contribution in [1.29, 1.82) is 0 Å². The number of carboxylic acids is 1. The van der Waals surface area contributed by atoms with E-state index < -0.39 is 17.8 Å². The number of methoxy groups -OCH3 is 1. The van der Waals surface area contributed by atoms with Crippen LogP contribution in [0.4, 0.5) is 5.69 Å². The van der Waals surface area contributed by atoms with Crippen molar-refractivity contribution in [2.24, 2.45) is 5.92 Å². The topological polar surface area (TPSA) is 93.5 Å². The molecule has 0 radical (unpaired) electrons. The van der Waals surface area contributed by atoms with E-state index in [4.69, 9.17) is 9.84 Å². The zero-order valence-electron chi connectivity index (χ0n) is 9.71. The van der Waals surface area contributed by atoms with Gasteiger partial charge in [0.25, 0.3) is 0 Å². The third-order valence-corrected chi connectivity index (χ3v) is 2.19. The van der Waals surface area contributed by atoms with Gasteiger partial charge in [0.05, 0.1) is 25.0 Å². The molecule has 0 saturated carbocycles. The summed E-state index contributed by atoms with van der Waals surface area (Å²) in [7, 11) is 1.58. The van der Waals surface area contributed by atoms with Crippen molar-refractivity contribution in [1.82, 2.24) is 9.78 Å². The molecule has 0 aromatic carbocycles. The summed E-state index contributed by atoms with van der Waals surface area (Å²) in [6.07, 6.45) is 3.08. The van der Waals surface area contributed by atoms with Gasteiger partial charge in [-0.15, -0.1) is 0 Å². The Labute approximate surface area is 98.4 Å². The van der Waals surface area contributed by atoms with Gasteiger partial charge in [-0.25, -0.2) is 0 Å². The van der Waals surface area contributed by atoms with Crippen LogP contribution in [0.2, 0.25) is 0 Å². The summed E-state index contributed by atoms with van der Waals surface area (Å²) < 4.78 is 6.48. The maximum absolute atomic E-state index is 11.4. The lowest BCUT2D eigenvalue weighted by Gasteiger charge is -2.05. The molecule has 1 rings (SSSR count). The van der Waals surface area contributed by atoms with Crippen LogP contribution in [0.5, 0.6) is 0 Å². The van der Waals surface area contributed by atoms with Gasteiger partial charge in [-0.1, -0.05) is 0 Å². The van der Waals surface area contributed by atoms with E-state index in [1.54, 1.807) is 18.0 Å². The number of ether oxygens (including phenoxy) is 1. The number of nitrogens with one attached hydrogen (secondary N) is 1. The fourth-order valence-corrected chi connectivity index (χ4v) is 1.10. The molecule has 94 valence electrons. The molecule has 1 atom stereocenters. The van der Waals surface area contributed by atoms with Crippen molar-refractivity contribution in [2.45, 2.75) is 13.5 Å². The molecule has 7 nitrogen and oxygen atoms in total. The first-order chi connectivity index (χ1) is 8.04. The summed E-state index contributed by atoms with van der Waals surface area (Å²) in [5.41, 5.74) is 0.471. The Hall–Kier alpha value is -1.89. The van der Waals surface area contributed by atoms with Gasteiger partial charge in [-0.3, -0.25) is 14.3 Å². The first-order valence-electron chi connectivity index (χ1n) is 5.09. The Morgan fingerprint density at radius 2 is 2.35 bits per heavy atom. The van der Waals surface area contributed by atoms with Crippen LogP contribution in [0.3, 0.4) is 0 Å². The summed E-state index contributed by atoms with van der Waals surface area (Å²) in [5.74, 6) is -2.81. The lowest BCUT2D eigenvalue weighted by atomic mass is 10.2. The number of aromatic nitrogens is 2. The molecule has 2 N–H and O–H groups in total. The summed E-state index contributed by atoms with van der Waals surface area (Å²) in [4.78, 5) is 22.0. The molecular weight excluding hydrogens is 226 g/mol. The molecule has 1 unspecified atom stereocenters. The molecular formula is C10H15N3O4. The van der Waals surface area contributed by atoms with Crippen molar-refractivity contribution < 1.29 is 19.4 Å². The average Bonchev–Trinajstić information content (AvgIpc) is 2.72. The molecule has 0 aliphatic rings. The number of anilines is 1. The van der Waals surface area contributed by atoms with E-state index in [2.05, 4.69) is 10.4 Å². The van der Waals surface area contributed by atoms with Crippen molar-refractivity contribution >= 4 is 17.6 Å². The number of rotatable bonds is 6. The Balaban J connectivity index is 2.54. The number of aliphatic carboxylic acids is 1. The number of carbonyl (C=O) groups is 2. The van der Waals surface area contributed by atoms with Gasteiger partial charge in [0.1, 0.15) is 5.92 Å². The Bertz CT molecular complexity index is 402. The van der Waals surface area contributed by atoms with Gasteiger partial charge in [0.2, 0.25) is 5.91 Å². The minimum absolute atomic E-state index is 0.471. The summed E-state index contributed by atoms with van der Waals surface area (Å²) in [5, 5.41) is 15.1. The Morgan fingerprint density at radius 3 is 2.94 bits per heavy atom. The monoisotopic (exact) mass is 241 g/mol. The van der Waals surface area contributed by atoms with Crippen LogP contribution in [-0.4, -0.2) is 40.5 Å². The van der Waals surface area contributed by atoms with Gasteiger partial charge < -0.3 is 15.2 Å². The second kappa shape index (κ2) is 6.00. The maximum atomic E-state index is 11.4. The average molecular weight is 241 g/mol. The van der Waals surface area contributed by atoms with E-state index in [1.165, 1.54) is 13.1 Å². The van der Waals surface area contributed by atoms with E-state index in [-0.39, 0.29) is 0 Å². The molecule has 17 heavy (non-hydrogen) atoms. The zero-order valence-corrected chi connectivity index (χ0v) is 9.71. The minimum atomic E-state index is -1.16. The normalized spacial score (nSPS) is 12.1. The Morgan fingerprint density at radius 1 is 1.65 bits per heavy atom. The standard InChI is InChI=1S/C10H15N3O4/c1-7(10(15)16)9(14)12-8-5-11-13(6-8)3-4-17-2/h5-7H,3-4H2,1-2H3,(H,12,14)(H,15,16). The quantitative estimate of drug-likeness (QED) is 0.693. The van der Waals surface area contributed by atoms with E-state index in [0.717, 1.165) is 0 Å². The number of hydrogen-bond acceptors (Lipinski definition) is 4. The lowest BCUT2D eigenvalue weighted by molar-refractivity contribution is -0.144. The highest BCUT2D eigenvalue weighted by Crippen LogP contribution is 2.07. The minimum Gasteiger partial charge on any atom is -0.481 e. The zero-order chi connectivity index (χ0) is 12.8. The smallest absolute Gasteiger partial charge is 0.315 e. The molecule has 1 amide bonds. The van der Waals surface area contributed by atoms with Crippen molar-refractivity contribution in [3.63, 3.8) is 0 Å². The fraction of sp³-hybridized carbons (Fsp3) is 0.500. The van der Waals surface area contributed by atoms with Crippen LogP contribution < -0.4 is 5.32 Å². The molecule has 0 aliphatic heterocycles. The van der Waals surface area contributed by atoms with Crippen LogP contribution in [0, 0.1) is 5.92 Å². The molecule has 0 aliphatic carbocycles. The van der Waals surface area contributed by atoms with E-state index in [1.807, 2.05) is 0 Å². The highest BCUT2D eigenvalue weighted by atomic mass is 16.5. The molecule has 1 aromatic heterocycles.